The number of likely N-dealkylation sites (tertiary alicyclic amines) is 1. The van der Waals surface area contributed by atoms with E-state index in [9.17, 15) is 9.59 Å². The van der Waals surface area contributed by atoms with Gasteiger partial charge in [0.25, 0.3) is 0 Å². The molecule has 1 heterocycles. The van der Waals surface area contributed by atoms with Crippen molar-refractivity contribution in [1.29, 1.82) is 0 Å². The number of carbonyl (C=O) groups excluding carboxylic acids is 1. The second-order valence-electron chi connectivity index (χ2n) is 3.68. The van der Waals surface area contributed by atoms with Gasteiger partial charge in [0.1, 0.15) is 0 Å². The number of carbonyl (C=O) groups is 2. The van der Waals surface area contributed by atoms with E-state index < -0.39 is 11.6 Å². The van der Waals surface area contributed by atoms with Gasteiger partial charge in [-0.1, -0.05) is 0 Å². The van der Waals surface area contributed by atoms with E-state index in [1.54, 1.807) is 13.8 Å². The summed E-state index contributed by atoms with van der Waals surface area (Å²) in [6.07, 6.45) is 0.765. The molecule has 4 nitrogen and oxygen atoms in total. The Morgan fingerprint density at radius 3 is 2.50 bits per heavy atom. The number of carboxylic acid groups (broad SMARTS) is 1. The number of piperidine rings is 1. The van der Waals surface area contributed by atoms with Crippen LogP contribution in [0.4, 0.5) is 4.79 Å². The summed E-state index contributed by atoms with van der Waals surface area (Å²) in [6.45, 7) is 3.55. The highest BCUT2D eigenvalue weighted by molar-refractivity contribution is 5.92. The smallest absolute Gasteiger partial charge is 0.414 e. The maximum Gasteiger partial charge on any atom is 0.414 e. The lowest BCUT2D eigenvalue weighted by Crippen LogP contribution is -2.53. The molecule has 1 rings (SSSR count). The van der Waals surface area contributed by atoms with E-state index in [0.717, 1.165) is 17.7 Å². The Labute approximate surface area is 71.2 Å². The van der Waals surface area contributed by atoms with Crippen LogP contribution in [0.5, 0.6) is 0 Å². The minimum Gasteiger partial charge on any atom is -0.465 e. The lowest BCUT2D eigenvalue weighted by Gasteiger charge is -2.38. The first-order chi connectivity index (χ1) is 5.45. The highest BCUT2D eigenvalue weighted by Crippen LogP contribution is 2.27. The van der Waals surface area contributed by atoms with E-state index in [0.29, 0.717) is 6.42 Å². The Hall–Kier alpha value is -1.06. The zero-order valence-corrected chi connectivity index (χ0v) is 7.33. The van der Waals surface area contributed by atoms with Gasteiger partial charge in [0.05, 0.1) is 0 Å². The summed E-state index contributed by atoms with van der Waals surface area (Å²) >= 11 is 0. The fraction of sp³-hybridized carbons (Fsp3) is 0.750. The van der Waals surface area contributed by atoms with Gasteiger partial charge in [0.2, 0.25) is 5.91 Å². The van der Waals surface area contributed by atoms with E-state index in [1.165, 1.54) is 0 Å². The van der Waals surface area contributed by atoms with Crippen LogP contribution in [0.25, 0.3) is 0 Å². The Morgan fingerprint density at radius 2 is 2.17 bits per heavy atom. The van der Waals surface area contributed by atoms with E-state index in [2.05, 4.69) is 0 Å². The molecule has 0 spiro atoms. The standard InChI is InChI=1S/C8H13NO3/c1-8(2)5-3-4-6(10)9(8)7(11)12/h3-5H2,1-2H3,(H,11,12). The topological polar surface area (TPSA) is 57.6 Å². The minimum absolute atomic E-state index is 0.279. The SMILES string of the molecule is CC1(C)CCCC(=O)N1C(=O)O. The van der Waals surface area contributed by atoms with E-state index >= 15 is 0 Å². The quantitative estimate of drug-likeness (QED) is 0.600. The molecule has 0 saturated carbocycles. The van der Waals surface area contributed by atoms with Crippen molar-refractivity contribution in [3.63, 3.8) is 0 Å². The Morgan fingerprint density at radius 1 is 1.58 bits per heavy atom. The van der Waals surface area contributed by atoms with Crippen LogP contribution in [0.1, 0.15) is 33.1 Å². The summed E-state index contributed by atoms with van der Waals surface area (Å²) in [5, 5.41) is 8.75. The summed E-state index contributed by atoms with van der Waals surface area (Å²) in [6, 6.07) is 0. The fourth-order valence-electron chi connectivity index (χ4n) is 1.60. The number of hydrogen-bond acceptors (Lipinski definition) is 2. The van der Waals surface area contributed by atoms with Crippen LogP contribution in [-0.4, -0.2) is 27.5 Å². The second kappa shape index (κ2) is 2.77. The van der Waals surface area contributed by atoms with Crippen LogP contribution in [0.3, 0.4) is 0 Å². The van der Waals surface area contributed by atoms with Gasteiger partial charge in [-0.3, -0.25) is 4.79 Å². The molecule has 1 N–H and O–H groups in total. The van der Waals surface area contributed by atoms with Gasteiger partial charge in [-0.2, -0.15) is 0 Å². The maximum atomic E-state index is 11.2. The minimum atomic E-state index is -1.13. The molecule has 0 aliphatic carbocycles. The van der Waals surface area contributed by atoms with Gasteiger partial charge >= 0.3 is 6.09 Å². The highest BCUT2D eigenvalue weighted by atomic mass is 16.4. The monoisotopic (exact) mass is 171 g/mol. The summed E-state index contributed by atoms with van der Waals surface area (Å²) in [7, 11) is 0. The Kier molecular flexibility index (Phi) is 2.08. The normalized spacial score (nSPS) is 22.5. The van der Waals surface area contributed by atoms with Crippen LogP contribution in [0, 0.1) is 0 Å². The van der Waals surface area contributed by atoms with Gasteiger partial charge in [-0.25, -0.2) is 9.69 Å². The lowest BCUT2D eigenvalue weighted by atomic mass is 9.90. The van der Waals surface area contributed by atoms with Crippen LogP contribution in [0.2, 0.25) is 0 Å². The lowest BCUT2D eigenvalue weighted by molar-refractivity contribution is -0.136. The molecule has 68 valence electrons. The first-order valence-electron chi connectivity index (χ1n) is 4.01. The average Bonchev–Trinajstić information content (AvgIpc) is 1.82. The van der Waals surface area contributed by atoms with Gasteiger partial charge < -0.3 is 5.11 Å². The van der Waals surface area contributed by atoms with Crippen molar-refractivity contribution in [3.8, 4) is 0 Å². The Bertz CT molecular complexity index is 222. The predicted molar refractivity (Wildman–Crippen MR) is 42.8 cm³/mol. The predicted octanol–water partition coefficient (Wildman–Crippen LogP) is 1.46. The van der Waals surface area contributed by atoms with Crippen molar-refractivity contribution in [2.45, 2.75) is 38.6 Å². The van der Waals surface area contributed by atoms with Crippen molar-refractivity contribution in [2.24, 2.45) is 0 Å². The average molecular weight is 171 g/mol. The molecule has 1 aliphatic heterocycles. The first-order valence-corrected chi connectivity index (χ1v) is 4.01. The largest absolute Gasteiger partial charge is 0.465 e. The third kappa shape index (κ3) is 1.42. The highest BCUT2D eigenvalue weighted by Gasteiger charge is 2.38. The van der Waals surface area contributed by atoms with Crippen molar-refractivity contribution in [3.05, 3.63) is 0 Å². The molecule has 1 saturated heterocycles. The maximum absolute atomic E-state index is 11.2. The van der Waals surface area contributed by atoms with Crippen LogP contribution in [-0.2, 0) is 4.79 Å². The molecule has 1 aliphatic rings. The van der Waals surface area contributed by atoms with Gasteiger partial charge in [0.15, 0.2) is 0 Å². The summed E-state index contributed by atoms with van der Waals surface area (Å²) in [5.74, 6) is -0.279. The molecule has 2 amide bonds. The molecule has 12 heavy (non-hydrogen) atoms. The first kappa shape index (κ1) is 9.03. The van der Waals surface area contributed by atoms with Crippen molar-refractivity contribution in [1.82, 2.24) is 4.90 Å². The van der Waals surface area contributed by atoms with Crippen LogP contribution < -0.4 is 0 Å². The molecule has 0 aromatic heterocycles. The molecular formula is C8H13NO3. The molecule has 0 radical (unpaired) electrons. The summed E-state index contributed by atoms with van der Waals surface area (Å²) < 4.78 is 0. The second-order valence-corrected chi connectivity index (χ2v) is 3.68. The molecule has 0 aromatic rings. The number of hydrogen-bond donors (Lipinski definition) is 1. The molecule has 0 atom stereocenters. The number of rotatable bonds is 0. The molecule has 0 bridgehead atoms. The summed E-state index contributed by atoms with van der Waals surface area (Å²) in [4.78, 5) is 22.8. The van der Waals surface area contributed by atoms with Gasteiger partial charge in [0, 0.05) is 12.0 Å². The Balaban J connectivity index is 2.88. The van der Waals surface area contributed by atoms with Crippen LogP contribution >= 0.6 is 0 Å². The molecule has 1 fully saturated rings. The zero-order valence-electron chi connectivity index (χ0n) is 7.33. The zero-order chi connectivity index (χ0) is 9.35. The van der Waals surface area contributed by atoms with Gasteiger partial charge in [-0.05, 0) is 26.7 Å². The third-order valence-electron chi connectivity index (χ3n) is 2.23. The van der Waals surface area contributed by atoms with E-state index in [-0.39, 0.29) is 5.91 Å². The summed E-state index contributed by atoms with van der Waals surface area (Å²) in [5.41, 5.74) is -0.527. The number of imide groups is 1. The number of nitrogens with zero attached hydrogens (tertiary/aromatic N) is 1. The van der Waals surface area contributed by atoms with E-state index in [1.807, 2.05) is 0 Å². The van der Waals surface area contributed by atoms with Crippen LogP contribution in [0.15, 0.2) is 0 Å². The molecule has 0 unspecified atom stereocenters. The van der Waals surface area contributed by atoms with Crippen molar-refractivity contribution in [2.75, 3.05) is 0 Å². The van der Waals surface area contributed by atoms with E-state index in [4.69, 9.17) is 5.11 Å². The van der Waals surface area contributed by atoms with Crippen molar-refractivity contribution >= 4 is 12.0 Å². The molecule has 0 aromatic carbocycles. The molecule has 4 heteroatoms. The van der Waals surface area contributed by atoms with Crippen molar-refractivity contribution < 1.29 is 14.7 Å². The number of amides is 2. The fourth-order valence-corrected chi connectivity index (χ4v) is 1.60. The van der Waals surface area contributed by atoms with Gasteiger partial charge in [-0.15, -0.1) is 0 Å². The third-order valence-corrected chi connectivity index (χ3v) is 2.23. The molecular weight excluding hydrogens is 158 g/mol.